The van der Waals surface area contributed by atoms with E-state index in [1.54, 1.807) is 19.0 Å². The van der Waals surface area contributed by atoms with Crippen molar-refractivity contribution in [3.63, 3.8) is 0 Å². The van der Waals surface area contributed by atoms with Gasteiger partial charge in [0.1, 0.15) is 5.75 Å². The maximum absolute atomic E-state index is 12.3. The molecule has 0 heterocycles. The van der Waals surface area contributed by atoms with E-state index in [2.05, 4.69) is 24.0 Å². The van der Waals surface area contributed by atoms with Gasteiger partial charge >= 0.3 is 0 Å². The molecule has 6 heteroatoms. The van der Waals surface area contributed by atoms with E-state index in [0.29, 0.717) is 11.4 Å². The average molecular weight is 449 g/mol. The van der Waals surface area contributed by atoms with E-state index in [9.17, 15) is 4.79 Å². The standard InChI is InChI=1S/C27H36N4O2/c1-16(2)33-26-14-11-20(15-24(26)28)17(3)29-18(4)21-9-8-10-23-22(21)12-13-25(23)30-19(5)27(32)31(6)7/h8-11,14-16,19,25,30H,4,12-13,28H2,1-3,5-7H3/b29-17+/t19?,25-/m0/s1. The van der Waals surface area contributed by atoms with Gasteiger partial charge in [0.25, 0.3) is 0 Å². The molecule has 2 aromatic rings. The van der Waals surface area contributed by atoms with E-state index in [0.717, 1.165) is 35.4 Å². The smallest absolute Gasteiger partial charge is 0.238 e. The molecule has 0 bridgehead atoms. The molecule has 0 saturated carbocycles. The molecule has 0 fully saturated rings. The van der Waals surface area contributed by atoms with Crippen LogP contribution in [0.2, 0.25) is 0 Å². The molecule has 1 unspecified atom stereocenters. The van der Waals surface area contributed by atoms with Gasteiger partial charge < -0.3 is 15.4 Å². The van der Waals surface area contributed by atoms with Crippen LogP contribution in [-0.4, -0.2) is 42.8 Å². The third-order valence-electron chi connectivity index (χ3n) is 5.94. The monoisotopic (exact) mass is 448 g/mol. The Morgan fingerprint density at radius 3 is 2.61 bits per heavy atom. The Morgan fingerprint density at radius 2 is 1.97 bits per heavy atom. The largest absolute Gasteiger partial charge is 0.489 e. The fraction of sp³-hybridized carbons (Fsp3) is 0.407. The molecule has 0 saturated heterocycles. The van der Waals surface area contributed by atoms with Gasteiger partial charge in [-0.05, 0) is 75.4 Å². The van der Waals surface area contributed by atoms with Crippen molar-refractivity contribution in [2.24, 2.45) is 4.99 Å². The second kappa shape index (κ2) is 10.2. The van der Waals surface area contributed by atoms with Crippen molar-refractivity contribution in [2.45, 2.75) is 58.7 Å². The predicted octanol–water partition coefficient (Wildman–Crippen LogP) is 4.59. The number of aliphatic imine (C=N–C) groups is 1. The van der Waals surface area contributed by atoms with E-state index in [-0.39, 0.29) is 24.1 Å². The first kappa shape index (κ1) is 24.5. The van der Waals surface area contributed by atoms with Crippen LogP contribution < -0.4 is 15.8 Å². The Labute approximate surface area is 197 Å². The van der Waals surface area contributed by atoms with Crippen LogP contribution in [0, 0.1) is 0 Å². The molecule has 1 amide bonds. The lowest BCUT2D eigenvalue weighted by Gasteiger charge is -2.22. The zero-order chi connectivity index (χ0) is 24.3. The first-order chi connectivity index (χ1) is 15.6. The van der Waals surface area contributed by atoms with Gasteiger partial charge in [-0.25, -0.2) is 0 Å². The van der Waals surface area contributed by atoms with Crippen molar-refractivity contribution in [3.05, 3.63) is 65.2 Å². The van der Waals surface area contributed by atoms with Crippen LogP contribution in [0.25, 0.3) is 5.70 Å². The molecule has 1 aliphatic rings. The number of carbonyl (C=O) groups is 1. The first-order valence-electron chi connectivity index (χ1n) is 11.5. The number of hydrogen-bond acceptors (Lipinski definition) is 5. The Bertz CT molecular complexity index is 1070. The average Bonchev–Trinajstić information content (AvgIpc) is 3.16. The second-order valence-corrected chi connectivity index (χ2v) is 9.15. The van der Waals surface area contributed by atoms with Gasteiger partial charge in [-0.3, -0.25) is 15.1 Å². The number of hydrogen-bond donors (Lipinski definition) is 2. The second-order valence-electron chi connectivity index (χ2n) is 9.15. The van der Waals surface area contributed by atoms with E-state index in [1.165, 1.54) is 11.1 Å². The van der Waals surface area contributed by atoms with Crippen molar-refractivity contribution in [1.29, 1.82) is 0 Å². The normalized spacial score (nSPS) is 16.5. The van der Waals surface area contributed by atoms with E-state index >= 15 is 0 Å². The number of nitrogens with zero attached hydrogens (tertiary/aromatic N) is 2. The van der Waals surface area contributed by atoms with E-state index in [4.69, 9.17) is 15.5 Å². The minimum Gasteiger partial charge on any atom is -0.489 e. The van der Waals surface area contributed by atoms with E-state index in [1.807, 2.05) is 52.0 Å². The summed E-state index contributed by atoms with van der Waals surface area (Å²) >= 11 is 0. The van der Waals surface area contributed by atoms with Gasteiger partial charge in [0, 0.05) is 31.4 Å². The molecule has 176 valence electrons. The number of amides is 1. The molecule has 3 N–H and O–H groups in total. The van der Waals surface area contributed by atoms with Gasteiger partial charge in [0.2, 0.25) is 5.91 Å². The highest BCUT2D eigenvalue weighted by Crippen LogP contribution is 2.36. The van der Waals surface area contributed by atoms with Crippen LogP contribution in [-0.2, 0) is 11.2 Å². The SMILES string of the molecule is C=C(/N=C(\C)c1ccc(OC(C)C)c(N)c1)c1cccc2c1CC[C@@H]2NC(C)C(=O)N(C)C. The van der Waals surface area contributed by atoms with Crippen LogP contribution in [0.1, 0.15) is 62.4 Å². The molecule has 6 nitrogen and oxygen atoms in total. The number of benzene rings is 2. The molecule has 1 aliphatic carbocycles. The van der Waals surface area contributed by atoms with E-state index < -0.39 is 0 Å². The lowest BCUT2D eigenvalue weighted by atomic mass is 10.00. The molecule has 0 aliphatic heterocycles. The van der Waals surface area contributed by atoms with Gasteiger partial charge in [0.05, 0.1) is 23.5 Å². The molecular formula is C27H36N4O2. The summed E-state index contributed by atoms with van der Waals surface area (Å²) in [4.78, 5) is 18.7. The van der Waals surface area contributed by atoms with Crippen LogP contribution in [0.5, 0.6) is 5.75 Å². The summed E-state index contributed by atoms with van der Waals surface area (Å²) in [5, 5.41) is 3.49. The number of anilines is 1. The summed E-state index contributed by atoms with van der Waals surface area (Å²) < 4.78 is 5.73. The Kier molecular flexibility index (Phi) is 7.59. The van der Waals surface area contributed by atoms with Crippen LogP contribution >= 0.6 is 0 Å². The third-order valence-corrected chi connectivity index (χ3v) is 5.94. The summed E-state index contributed by atoms with van der Waals surface area (Å²) in [6, 6.07) is 11.9. The number of fused-ring (bicyclic) bond motifs is 1. The minimum atomic E-state index is -0.240. The summed E-state index contributed by atoms with van der Waals surface area (Å²) in [6.07, 6.45) is 1.94. The first-order valence-corrected chi connectivity index (χ1v) is 11.5. The summed E-state index contributed by atoms with van der Waals surface area (Å²) in [6.45, 7) is 12.1. The van der Waals surface area contributed by atoms with Crippen LogP contribution in [0.4, 0.5) is 5.69 Å². The molecule has 0 spiro atoms. The number of nitrogens with two attached hydrogens (primary N) is 1. The van der Waals surface area contributed by atoms with Crippen LogP contribution in [0.3, 0.4) is 0 Å². The topological polar surface area (TPSA) is 80.0 Å². The third kappa shape index (κ3) is 5.63. The zero-order valence-electron chi connectivity index (χ0n) is 20.6. The summed E-state index contributed by atoms with van der Waals surface area (Å²) in [7, 11) is 3.56. The van der Waals surface area contributed by atoms with Crippen molar-refractivity contribution >= 4 is 23.0 Å². The molecule has 33 heavy (non-hydrogen) atoms. The van der Waals surface area contributed by atoms with Crippen molar-refractivity contribution in [1.82, 2.24) is 10.2 Å². The number of carbonyl (C=O) groups excluding carboxylic acids is 1. The number of rotatable bonds is 8. The molecule has 3 rings (SSSR count). The molecule has 2 atom stereocenters. The number of nitrogens with one attached hydrogen (secondary N) is 1. The Morgan fingerprint density at radius 1 is 1.24 bits per heavy atom. The highest BCUT2D eigenvalue weighted by atomic mass is 16.5. The zero-order valence-corrected chi connectivity index (χ0v) is 20.6. The van der Waals surface area contributed by atoms with Crippen molar-refractivity contribution in [2.75, 3.05) is 19.8 Å². The number of likely N-dealkylation sites (N-methyl/N-ethyl adjacent to an activating group) is 1. The maximum atomic E-state index is 12.3. The van der Waals surface area contributed by atoms with Gasteiger partial charge in [-0.1, -0.05) is 24.8 Å². The van der Waals surface area contributed by atoms with Crippen LogP contribution in [0.15, 0.2) is 48.0 Å². The predicted molar refractivity (Wildman–Crippen MR) is 137 cm³/mol. The molecule has 0 aromatic heterocycles. The highest BCUT2D eigenvalue weighted by Gasteiger charge is 2.28. The van der Waals surface area contributed by atoms with Crippen molar-refractivity contribution < 1.29 is 9.53 Å². The Hall–Kier alpha value is -3.12. The molecule has 2 aromatic carbocycles. The summed E-state index contributed by atoms with van der Waals surface area (Å²) in [5.41, 5.74) is 12.8. The Balaban J connectivity index is 1.80. The number of nitrogen functional groups attached to an aromatic ring is 1. The fourth-order valence-electron chi connectivity index (χ4n) is 4.32. The molecular weight excluding hydrogens is 412 g/mol. The van der Waals surface area contributed by atoms with Gasteiger partial charge in [-0.2, -0.15) is 0 Å². The number of ether oxygens (including phenoxy) is 1. The summed E-state index contributed by atoms with van der Waals surface area (Å²) in [5.74, 6) is 0.759. The van der Waals surface area contributed by atoms with Gasteiger partial charge in [0.15, 0.2) is 0 Å². The lowest BCUT2D eigenvalue weighted by Crippen LogP contribution is -2.42. The highest BCUT2D eigenvalue weighted by molar-refractivity contribution is 6.02. The maximum Gasteiger partial charge on any atom is 0.238 e. The fourth-order valence-corrected chi connectivity index (χ4v) is 4.32. The quantitative estimate of drug-likeness (QED) is 0.457. The molecule has 0 radical (unpaired) electrons. The van der Waals surface area contributed by atoms with Crippen molar-refractivity contribution in [3.8, 4) is 5.75 Å². The lowest BCUT2D eigenvalue weighted by molar-refractivity contribution is -0.130. The minimum absolute atomic E-state index is 0.0650. The van der Waals surface area contributed by atoms with Gasteiger partial charge in [-0.15, -0.1) is 0 Å².